The smallest absolute Gasteiger partial charge is 0.410 e. The van der Waals surface area contributed by atoms with Gasteiger partial charge in [0, 0.05) is 32.0 Å². The molecule has 7 nitrogen and oxygen atoms in total. The molecule has 7 heteroatoms. The fourth-order valence-corrected chi connectivity index (χ4v) is 3.39. The number of aromatic amines is 1. The predicted molar refractivity (Wildman–Crippen MR) is 108 cm³/mol. The van der Waals surface area contributed by atoms with Crippen molar-refractivity contribution in [3.8, 4) is 0 Å². The van der Waals surface area contributed by atoms with Gasteiger partial charge in [-0.25, -0.2) is 9.78 Å². The molecule has 1 fully saturated rings. The topological polar surface area (TPSA) is 87.3 Å². The molecule has 1 aromatic heterocycles. The molecule has 1 saturated heterocycles. The van der Waals surface area contributed by atoms with Gasteiger partial charge in [-0.1, -0.05) is 12.1 Å². The van der Waals surface area contributed by atoms with Crippen LogP contribution in [0.5, 0.6) is 0 Å². The van der Waals surface area contributed by atoms with E-state index in [2.05, 4.69) is 15.3 Å². The number of hydrogen-bond acceptors (Lipinski definition) is 4. The Bertz CT molecular complexity index is 783. The first-order valence-electron chi connectivity index (χ1n) is 10.0. The summed E-state index contributed by atoms with van der Waals surface area (Å²) in [7, 11) is 0. The highest BCUT2D eigenvalue weighted by Crippen LogP contribution is 2.20. The van der Waals surface area contributed by atoms with Crippen molar-refractivity contribution in [2.75, 3.05) is 19.6 Å². The third-order valence-electron chi connectivity index (χ3n) is 4.85. The van der Waals surface area contributed by atoms with Crippen molar-refractivity contribution in [3.05, 3.63) is 30.1 Å². The Morgan fingerprint density at radius 2 is 1.96 bits per heavy atom. The second-order valence-electron chi connectivity index (χ2n) is 8.34. The van der Waals surface area contributed by atoms with Crippen molar-refractivity contribution in [3.63, 3.8) is 0 Å². The molecule has 2 amide bonds. The van der Waals surface area contributed by atoms with Crippen LogP contribution in [0.3, 0.4) is 0 Å². The van der Waals surface area contributed by atoms with Gasteiger partial charge < -0.3 is 19.9 Å². The maximum Gasteiger partial charge on any atom is 0.410 e. The van der Waals surface area contributed by atoms with E-state index in [4.69, 9.17) is 4.74 Å². The molecule has 28 heavy (non-hydrogen) atoms. The molecule has 0 unspecified atom stereocenters. The fourth-order valence-electron chi connectivity index (χ4n) is 3.39. The van der Waals surface area contributed by atoms with Crippen LogP contribution in [0.1, 0.15) is 45.9 Å². The Balaban J connectivity index is 1.36. The van der Waals surface area contributed by atoms with E-state index in [1.807, 2.05) is 45.0 Å². The van der Waals surface area contributed by atoms with E-state index in [-0.39, 0.29) is 17.9 Å². The van der Waals surface area contributed by atoms with Crippen molar-refractivity contribution in [2.45, 2.75) is 52.1 Å². The number of piperidine rings is 1. The molecule has 0 saturated carbocycles. The van der Waals surface area contributed by atoms with Gasteiger partial charge in [0.05, 0.1) is 11.0 Å². The molecule has 1 aliphatic heterocycles. The Labute approximate surface area is 165 Å². The van der Waals surface area contributed by atoms with Gasteiger partial charge in [-0.05, 0) is 52.2 Å². The number of carbonyl (C=O) groups is 2. The fraction of sp³-hybridized carbons (Fsp3) is 0.571. The molecule has 0 atom stereocenters. The third kappa shape index (κ3) is 5.47. The summed E-state index contributed by atoms with van der Waals surface area (Å²) < 4.78 is 5.39. The molecule has 1 aliphatic rings. The monoisotopic (exact) mass is 386 g/mol. The predicted octanol–water partition coefficient (Wildman–Crippen LogP) is 3.26. The lowest BCUT2D eigenvalue weighted by molar-refractivity contribution is -0.126. The van der Waals surface area contributed by atoms with E-state index in [1.165, 1.54) is 0 Å². The van der Waals surface area contributed by atoms with E-state index in [9.17, 15) is 9.59 Å². The number of aromatic nitrogens is 2. The molecule has 0 radical (unpaired) electrons. The zero-order chi connectivity index (χ0) is 20.1. The molecule has 1 aromatic carbocycles. The second-order valence-corrected chi connectivity index (χ2v) is 8.34. The first kappa shape index (κ1) is 20.2. The van der Waals surface area contributed by atoms with Crippen LogP contribution >= 0.6 is 0 Å². The van der Waals surface area contributed by atoms with Gasteiger partial charge >= 0.3 is 6.09 Å². The van der Waals surface area contributed by atoms with E-state index in [1.54, 1.807) is 4.90 Å². The quantitative estimate of drug-likeness (QED) is 0.772. The average Bonchev–Trinajstić information content (AvgIpc) is 3.06. The standard InChI is InChI=1S/C21H30N4O3/c1-21(2,3)28-20(27)25-13-10-15(11-14-25)19(26)22-12-6-9-18-23-16-7-4-5-8-17(16)24-18/h4-5,7-8,15H,6,9-14H2,1-3H3,(H,22,26)(H,23,24). The number of ether oxygens (including phenoxy) is 1. The number of benzene rings is 1. The molecule has 0 aliphatic carbocycles. The summed E-state index contributed by atoms with van der Waals surface area (Å²) in [6.45, 7) is 7.32. The largest absolute Gasteiger partial charge is 0.444 e. The summed E-state index contributed by atoms with van der Waals surface area (Å²) in [5.41, 5.74) is 1.52. The van der Waals surface area contributed by atoms with Gasteiger partial charge in [0.25, 0.3) is 0 Å². The Morgan fingerprint density at radius 1 is 1.25 bits per heavy atom. The lowest BCUT2D eigenvalue weighted by Crippen LogP contribution is -2.45. The number of nitrogens with zero attached hydrogens (tertiary/aromatic N) is 2. The summed E-state index contributed by atoms with van der Waals surface area (Å²) >= 11 is 0. The number of para-hydroxylation sites is 2. The number of rotatable bonds is 5. The highest BCUT2D eigenvalue weighted by atomic mass is 16.6. The highest BCUT2D eigenvalue weighted by molar-refractivity contribution is 5.79. The van der Waals surface area contributed by atoms with E-state index >= 15 is 0 Å². The molecule has 3 rings (SSSR count). The molecular formula is C21H30N4O3. The zero-order valence-electron chi connectivity index (χ0n) is 17.0. The van der Waals surface area contributed by atoms with Gasteiger partial charge in [-0.3, -0.25) is 4.79 Å². The van der Waals surface area contributed by atoms with Crippen LogP contribution in [0.25, 0.3) is 11.0 Å². The molecule has 0 bridgehead atoms. The molecule has 2 heterocycles. The molecule has 0 spiro atoms. The number of imidazole rings is 1. The number of carbonyl (C=O) groups excluding carboxylic acids is 2. The normalized spacial score (nSPS) is 15.6. The zero-order valence-corrected chi connectivity index (χ0v) is 17.0. The van der Waals surface area contributed by atoms with E-state index in [0.717, 1.165) is 29.7 Å². The first-order chi connectivity index (χ1) is 13.3. The number of nitrogens with one attached hydrogen (secondary N) is 2. The van der Waals surface area contributed by atoms with Crippen molar-refractivity contribution < 1.29 is 14.3 Å². The maximum atomic E-state index is 12.4. The van der Waals surface area contributed by atoms with Gasteiger partial charge in [0.1, 0.15) is 11.4 Å². The molecule has 152 valence electrons. The third-order valence-corrected chi connectivity index (χ3v) is 4.85. The summed E-state index contributed by atoms with van der Waals surface area (Å²) in [5.74, 6) is 0.986. The minimum Gasteiger partial charge on any atom is -0.444 e. The Kier molecular flexibility index (Phi) is 6.21. The number of hydrogen-bond donors (Lipinski definition) is 2. The second kappa shape index (κ2) is 8.63. The average molecular weight is 386 g/mol. The number of fused-ring (bicyclic) bond motifs is 1. The van der Waals surface area contributed by atoms with Crippen LogP contribution in [-0.4, -0.2) is 52.1 Å². The van der Waals surface area contributed by atoms with Crippen LogP contribution in [0, 0.1) is 5.92 Å². The highest BCUT2D eigenvalue weighted by Gasteiger charge is 2.29. The van der Waals surface area contributed by atoms with E-state index < -0.39 is 5.60 Å². The van der Waals surface area contributed by atoms with Gasteiger partial charge in [0.15, 0.2) is 0 Å². The van der Waals surface area contributed by atoms with Crippen LogP contribution < -0.4 is 5.32 Å². The minimum atomic E-state index is -0.495. The SMILES string of the molecule is CC(C)(C)OC(=O)N1CCC(C(=O)NCCCc2nc3ccccc3[nH]2)CC1. The summed E-state index contributed by atoms with van der Waals surface area (Å²) in [4.78, 5) is 34.0. The summed E-state index contributed by atoms with van der Waals surface area (Å²) in [6.07, 6.45) is 2.69. The van der Waals surface area contributed by atoms with Crippen LogP contribution in [-0.2, 0) is 16.0 Å². The van der Waals surface area contributed by atoms with Crippen LogP contribution in [0.2, 0.25) is 0 Å². The van der Waals surface area contributed by atoms with Gasteiger partial charge in [0.2, 0.25) is 5.91 Å². The maximum absolute atomic E-state index is 12.4. The van der Waals surface area contributed by atoms with Gasteiger partial charge in [-0.2, -0.15) is 0 Å². The number of H-pyrrole nitrogens is 1. The van der Waals surface area contributed by atoms with Crippen molar-refractivity contribution in [1.82, 2.24) is 20.2 Å². The van der Waals surface area contributed by atoms with Crippen LogP contribution in [0.15, 0.2) is 24.3 Å². The van der Waals surface area contributed by atoms with Gasteiger partial charge in [-0.15, -0.1) is 0 Å². The minimum absolute atomic E-state index is 0.0371. The molecular weight excluding hydrogens is 356 g/mol. The van der Waals surface area contributed by atoms with Crippen molar-refractivity contribution in [1.29, 1.82) is 0 Å². The number of likely N-dealkylation sites (tertiary alicyclic amines) is 1. The number of aryl methyl sites for hydroxylation is 1. The molecule has 2 aromatic rings. The van der Waals surface area contributed by atoms with Crippen LogP contribution in [0.4, 0.5) is 4.79 Å². The Hall–Kier alpha value is -2.57. The molecule has 2 N–H and O–H groups in total. The first-order valence-corrected chi connectivity index (χ1v) is 10.0. The lowest BCUT2D eigenvalue weighted by atomic mass is 9.96. The lowest BCUT2D eigenvalue weighted by Gasteiger charge is -2.32. The Morgan fingerprint density at radius 3 is 2.64 bits per heavy atom. The van der Waals surface area contributed by atoms with Crippen molar-refractivity contribution >= 4 is 23.0 Å². The summed E-state index contributed by atoms with van der Waals surface area (Å²) in [5, 5.41) is 3.02. The number of amides is 2. The van der Waals surface area contributed by atoms with E-state index in [0.29, 0.717) is 32.5 Å². The summed E-state index contributed by atoms with van der Waals surface area (Å²) in [6, 6.07) is 7.96. The van der Waals surface area contributed by atoms with Crippen molar-refractivity contribution in [2.24, 2.45) is 5.92 Å².